The summed E-state index contributed by atoms with van der Waals surface area (Å²) in [6.07, 6.45) is 0.919. The van der Waals surface area contributed by atoms with Crippen LogP contribution in [0.25, 0.3) is 0 Å². The largest absolute Gasteiger partial charge is 0.399 e. The number of nitrogens with one attached hydrogen (secondary N) is 1. The average Bonchev–Trinajstić information content (AvgIpc) is 2.40. The summed E-state index contributed by atoms with van der Waals surface area (Å²) in [6, 6.07) is 7.80. The van der Waals surface area contributed by atoms with Crippen LogP contribution in [-0.4, -0.2) is 29.4 Å². The molecule has 20 heavy (non-hydrogen) atoms. The lowest BCUT2D eigenvalue weighted by Gasteiger charge is -2.27. The first-order valence-corrected chi connectivity index (χ1v) is 7.24. The molecule has 0 radical (unpaired) electrons. The number of likely N-dealkylation sites (N-methyl/N-ethyl adjacent to an activating group) is 1. The highest BCUT2D eigenvalue weighted by atomic mass is 16.2. The Kier molecular flexibility index (Phi) is 6.02. The molecule has 0 unspecified atom stereocenters. The minimum absolute atomic E-state index is 0.0779. The van der Waals surface area contributed by atoms with E-state index in [-0.39, 0.29) is 11.4 Å². The van der Waals surface area contributed by atoms with E-state index < -0.39 is 0 Å². The van der Waals surface area contributed by atoms with Gasteiger partial charge in [0.1, 0.15) is 0 Å². The molecule has 4 heteroatoms. The van der Waals surface area contributed by atoms with Crippen LogP contribution in [0.1, 0.15) is 39.7 Å². The number of hydrogen-bond acceptors (Lipinski definition) is 3. The lowest BCUT2D eigenvalue weighted by atomic mass is 10.0. The van der Waals surface area contributed by atoms with Crippen LogP contribution in [0.2, 0.25) is 0 Å². The lowest BCUT2D eigenvalue weighted by molar-refractivity contribution is -0.124. The van der Waals surface area contributed by atoms with E-state index in [1.165, 1.54) is 5.56 Å². The van der Waals surface area contributed by atoms with Crippen molar-refractivity contribution in [2.75, 3.05) is 18.8 Å². The molecule has 0 saturated heterocycles. The number of carbonyl (C=O) groups is 1. The number of nitrogens with zero attached hydrogens (tertiary/aromatic N) is 1. The van der Waals surface area contributed by atoms with Crippen molar-refractivity contribution >= 4 is 11.6 Å². The number of benzene rings is 1. The fraction of sp³-hybridized carbons (Fsp3) is 0.562. The van der Waals surface area contributed by atoms with Crippen molar-refractivity contribution in [2.45, 2.75) is 46.2 Å². The molecule has 1 aromatic rings. The number of anilines is 1. The summed E-state index contributed by atoms with van der Waals surface area (Å²) < 4.78 is 0. The summed E-state index contributed by atoms with van der Waals surface area (Å²) in [5.41, 5.74) is 7.47. The molecule has 0 atom stereocenters. The minimum Gasteiger partial charge on any atom is -0.399 e. The molecule has 0 heterocycles. The van der Waals surface area contributed by atoms with Crippen LogP contribution in [0.3, 0.4) is 0 Å². The zero-order valence-corrected chi connectivity index (χ0v) is 13.1. The first-order chi connectivity index (χ1) is 9.36. The van der Waals surface area contributed by atoms with Crippen molar-refractivity contribution in [3.05, 3.63) is 29.8 Å². The zero-order valence-electron chi connectivity index (χ0n) is 13.1. The average molecular weight is 277 g/mol. The SMILES string of the molecule is CCN(CC(=O)NC(C)(C)CC)Cc1ccc(N)cc1. The standard InChI is InChI=1S/C16H27N3O/c1-5-16(3,4)18-15(20)12-19(6-2)11-13-7-9-14(17)10-8-13/h7-10H,5-6,11-12,17H2,1-4H3,(H,18,20). The van der Waals surface area contributed by atoms with E-state index in [9.17, 15) is 4.79 Å². The number of nitrogens with two attached hydrogens (primary N) is 1. The maximum atomic E-state index is 12.1. The van der Waals surface area contributed by atoms with Gasteiger partial charge >= 0.3 is 0 Å². The summed E-state index contributed by atoms with van der Waals surface area (Å²) in [4.78, 5) is 14.2. The first kappa shape index (κ1) is 16.5. The second kappa shape index (κ2) is 7.29. The summed E-state index contributed by atoms with van der Waals surface area (Å²) in [7, 11) is 0. The molecule has 0 aromatic heterocycles. The van der Waals surface area contributed by atoms with Gasteiger partial charge in [-0.3, -0.25) is 9.69 Å². The Morgan fingerprint density at radius 3 is 2.35 bits per heavy atom. The monoisotopic (exact) mass is 277 g/mol. The first-order valence-electron chi connectivity index (χ1n) is 7.24. The van der Waals surface area contributed by atoms with Crippen LogP contribution in [0.15, 0.2) is 24.3 Å². The Morgan fingerprint density at radius 2 is 1.85 bits per heavy atom. The highest BCUT2D eigenvalue weighted by Crippen LogP contribution is 2.09. The van der Waals surface area contributed by atoms with E-state index in [1.54, 1.807) is 0 Å². The fourth-order valence-electron chi connectivity index (χ4n) is 1.87. The number of amides is 1. The molecule has 0 fully saturated rings. The van der Waals surface area contributed by atoms with Crippen LogP contribution >= 0.6 is 0 Å². The predicted molar refractivity (Wildman–Crippen MR) is 84.3 cm³/mol. The summed E-state index contributed by atoms with van der Waals surface area (Å²) in [5.74, 6) is 0.0779. The second-order valence-corrected chi connectivity index (χ2v) is 5.83. The number of rotatable bonds is 7. The number of nitrogen functional groups attached to an aromatic ring is 1. The van der Waals surface area contributed by atoms with Gasteiger partial charge in [0.25, 0.3) is 0 Å². The Balaban J connectivity index is 2.54. The van der Waals surface area contributed by atoms with E-state index in [0.717, 1.165) is 25.2 Å². The Labute approximate surface area is 122 Å². The molecule has 1 amide bonds. The highest BCUT2D eigenvalue weighted by molar-refractivity contribution is 5.78. The van der Waals surface area contributed by atoms with Gasteiger partial charge in [-0.15, -0.1) is 0 Å². The Bertz CT molecular complexity index is 426. The van der Waals surface area contributed by atoms with Crippen LogP contribution in [-0.2, 0) is 11.3 Å². The van der Waals surface area contributed by atoms with Gasteiger partial charge in [-0.1, -0.05) is 26.0 Å². The van der Waals surface area contributed by atoms with Crippen LogP contribution in [0.5, 0.6) is 0 Å². The van der Waals surface area contributed by atoms with Gasteiger partial charge in [0, 0.05) is 17.8 Å². The number of hydrogen-bond donors (Lipinski definition) is 2. The van der Waals surface area contributed by atoms with Gasteiger partial charge in [0.2, 0.25) is 5.91 Å². The predicted octanol–water partition coefficient (Wildman–Crippen LogP) is 2.40. The van der Waals surface area contributed by atoms with Gasteiger partial charge < -0.3 is 11.1 Å². The second-order valence-electron chi connectivity index (χ2n) is 5.83. The Hall–Kier alpha value is -1.55. The van der Waals surface area contributed by atoms with Crippen LogP contribution < -0.4 is 11.1 Å². The molecular formula is C16H27N3O. The fourth-order valence-corrected chi connectivity index (χ4v) is 1.87. The molecule has 3 N–H and O–H groups in total. The molecular weight excluding hydrogens is 250 g/mol. The van der Waals surface area contributed by atoms with Gasteiger partial charge in [-0.25, -0.2) is 0 Å². The molecule has 0 aliphatic carbocycles. The van der Waals surface area contributed by atoms with E-state index >= 15 is 0 Å². The molecule has 1 aromatic carbocycles. The van der Waals surface area contributed by atoms with E-state index in [1.807, 2.05) is 38.1 Å². The van der Waals surface area contributed by atoms with Gasteiger partial charge in [-0.2, -0.15) is 0 Å². The topological polar surface area (TPSA) is 58.4 Å². The summed E-state index contributed by atoms with van der Waals surface area (Å²) in [6.45, 7) is 10.2. The quantitative estimate of drug-likeness (QED) is 0.752. The molecule has 0 aliphatic rings. The molecule has 112 valence electrons. The lowest BCUT2D eigenvalue weighted by Crippen LogP contribution is -2.47. The maximum absolute atomic E-state index is 12.1. The molecule has 4 nitrogen and oxygen atoms in total. The highest BCUT2D eigenvalue weighted by Gasteiger charge is 2.19. The van der Waals surface area contributed by atoms with E-state index in [2.05, 4.69) is 24.1 Å². The normalized spacial score (nSPS) is 11.7. The molecule has 0 aliphatic heterocycles. The van der Waals surface area contributed by atoms with Gasteiger partial charge in [0.15, 0.2) is 0 Å². The Morgan fingerprint density at radius 1 is 1.25 bits per heavy atom. The minimum atomic E-state index is -0.141. The van der Waals surface area contributed by atoms with E-state index in [0.29, 0.717) is 6.54 Å². The third-order valence-electron chi connectivity index (χ3n) is 3.56. The van der Waals surface area contributed by atoms with Gasteiger partial charge in [-0.05, 0) is 44.5 Å². The summed E-state index contributed by atoms with van der Waals surface area (Å²) >= 11 is 0. The van der Waals surface area contributed by atoms with Crippen molar-refractivity contribution in [3.63, 3.8) is 0 Å². The smallest absolute Gasteiger partial charge is 0.234 e. The molecule has 0 spiro atoms. The third-order valence-corrected chi connectivity index (χ3v) is 3.56. The summed E-state index contributed by atoms with van der Waals surface area (Å²) in [5, 5.41) is 3.07. The van der Waals surface area contributed by atoms with Crippen molar-refractivity contribution < 1.29 is 4.79 Å². The van der Waals surface area contributed by atoms with Crippen molar-refractivity contribution in [1.82, 2.24) is 10.2 Å². The molecule has 0 saturated carbocycles. The van der Waals surface area contributed by atoms with E-state index in [4.69, 9.17) is 5.73 Å². The zero-order chi connectivity index (χ0) is 15.2. The van der Waals surface area contributed by atoms with Crippen molar-refractivity contribution in [2.24, 2.45) is 0 Å². The number of carbonyl (C=O) groups excluding carboxylic acids is 1. The van der Waals surface area contributed by atoms with Crippen molar-refractivity contribution in [1.29, 1.82) is 0 Å². The molecule has 0 bridgehead atoms. The van der Waals surface area contributed by atoms with Crippen LogP contribution in [0.4, 0.5) is 5.69 Å². The van der Waals surface area contributed by atoms with Crippen molar-refractivity contribution in [3.8, 4) is 0 Å². The van der Waals surface area contributed by atoms with Gasteiger partial charge in [0.05, 0.1) is 6.54 Å². The maximum Gasteiger partial charge on any atom is 0.234 e. The van der Waals surface area contributed by atoms with Crippen LogP contribution in [0, 0.1) is 0 Å². The molecule has 1 rings (SSSR count). The third kappa shape index (κ3) is 5.61.